The van der Waals surface area contributed by atoms with Crippen molar-refractivity contribution < 1.29 is 13.9 Å². The Hall–Kier alpha value is -4.16. The standard InChI is InChI=1S/C30H37N9O3/c1-30(2,3)28-37-36-27(42-28)26(40)34-25-18-39(22-9-13-41-14-10-22)12-8-19-15-20(5-6-23(19)25)24-7-11-31-29(35-24)33-21-16-32-38(4)17-21/h5-7,11,15-17,22,25H,8-10,12-14,18H2,1-4H3,(H,34,40)(H,31,33,35)/t25-/m1/s1. The normalized spacial score (nSPS) is 18.3. The van der Waals surface area contributed by atoms with Crippen molar-refractivity contribution in [3.63, 3.8) is 0 Å². The smallest absolute Gasteiger partial charge is 0.309 e. The molecule has 2 aliphatic rings. The van der Waals surface area contributed by atoms with Gasteiger partial charge in [0, 0.05) is 62.8 Å². The number of fused-ring (bicyclic) bond motifs is 1. The highest BCUT2D eigenvalue weighted by molar-refractivity contribution is 5.89. The predicted octanol–water partition coefficient (Wildman–Crippen LogP) is 3.81. The number of hydrogen-bond donors (Lipinski definition) is 2. The fourth-order valence-corrected chi connectivity index (χ4v) is 5.55. The van der Waals surface area contributed by atoms with E-state index in [0.717, 1.165) is 61.5 Å². The van der Waals surface area contributed by atoms with Gasteiger partial charge in [0.2, 0.25) is 11.8 Å². The van der Waals surface area contributed by atoms with Crippen molar-refractivity contribution in [1.29, 1.82) is 0 Å². The molecule has 12 nitrogen and oxygen atoms in total. The Labute approximate surface area is 244 Å². The number of carbonyl (C=O) groups is 1. The molecule has 0 saturated carbocycles. The molecule has 4 aromatic rings. The number of aryl methyl sites for hydroxylation is 1. The molecule has 42 heavy (non-hydrogen) atoms. The first-order valence-electron chi connectivity index (χ1n) is 14.4. The Kier molecular flexibility index (Phi) is 7.74. The van der Waals surface area contributed by atoms with Crippen LogP contribution in [0.2, 0.25) is 0 Å². The summed E-state index contributed by atoms with van der Waals surface area (Å²) in [5.74, 6) is 0.549. The molecule has 1 amide bonds. The molecular weight excluding hydrogens is 534 g/mol. The van der Waals surface area contributed by atoms with Crippen LogP contribution in [-0.4, -0.2) is 73.1 Å². The third kappa shape index (κ3) is 6.19. The molecule has 0 bridgehead atoms. The zero-order valence-electron chi connectivity index (χ0n) is 24.5. The topological polar surface area (TPSA) is 136 Å². The minimum absolute atomic E-state index is 0.0189. The molecule has 1 fully saturated rings. The number of ether oxygens (including phenoxy) is 1. The lowest BCUT2D eigenvalue weighted by Crippen LogP contribution is -2.44. The summed E-state index contributed by atoms with van der Waals surface area (Å²) in [6.45, 7) is 9.02. The first-order valence-corrected chi connectivity index (χ1v) is 14.4. The van der Waals surface area contributed by atoms with Gasteiger partial charge in [0.05, 0.1) is 23.6 Å². The summed E-state index contributed by atoms with van der Waals surface area (Å²) in [5, 5.41) is 18.8. The molecule has 0 radical (unpaired) electrons. The predicted molar refractivity (Wildman–Crippen MR) is 156 cm³/mol. The molecule has 5 heterocycles. The van der Waals surface area contributed by atoms with Crippen LogP contribution in [0.4, 0.5) is 11.6 Å². The quantitative estimate of drug-likeness (QED) is 0.352. The lowest BCUT2D eigenvalue weighted by atomic mass is 9.96. The Morgan fingerprint density at radius 2 is 1.95 bits per heavy atom. The maximum atomic E-state index is 13.4. The third-order valence-corrected chi connectivity index (χ3v) is 7.79. The average molecular weight is 572 g/mol. The largest absolute Gasteiger partial charge is 0.416 e. The van der Waals surface area contributed by atoms with E-state index in [9.17, 15) is 4.79 Å². The maximum Gasteiger partial charge on any atom is 0.309 e. The molecule has 1 saturated heterocycles. The van der Waals surface area contributed by atoms with Crippen LogP contribution in [0.15, 0.2) is 47.3 Å². The summed E-state index contributed by atoms with van der Waals surface area (Å²) in [5.41, 5.74) is 4.53. The molecular formula is C30H37N9O3. The van der Waals surface area contributed by atoms with Gasteiger partial charge in [-0.3, -0.25) is 14.4 Å². The third-order valence-electron chi connectivity index (χ3n) is 7.79. The van der Waals surface area contributed by atoms with E-state index in [2.05, 4.69) is 54.0 Å². The number of nitrogens with zero attached hydrogens (tertiary/aromatic N) is 7. The molecule has 0 aliphatic carbocycles. The molecule has 6 rings (SSSR count). The van der Waals surface area contributed by atoms with Crippen molar-refractivity contribution in [3.8, 4) is 11.3 Å². The number of anilines is 2. The number of hydrogen-bond acceptors (Lipinski definition) is 10. The first kappa shape index (κ1) is 28.0. The summed E-state index contributed by atoms with van der Waals surface area (Å²) >= 11 is 0. The van der Waals surface area contributed by atoms with Gasteiger partial charge in [-0.05, 0) is 42.5 Å². The Bertz CT molecular complexity index is 1550. The van der Waals surface area contributed by atoms with Gasteiger partial charge in [-0.1, -0.05) is 32.9 Å². The van der Waals surface area contributed by atoms with E-state index < -0.39 is 0 Å². The number of rotatable bonds is 6. The van der Waals surface area contributed by atoms with Gasteiger partial charge in [0.1, 0.15) is 0 Å². The van der Waals surface area contributed by atoms with Crippen LogP contribution >= 0.6 is 0 Å². The van der Waals surface area contributed by atoms with E-state index >= 15 is 0 Å². The molecule has 0 spiro atoms. The van der Waals surface area contributed by atoms with Crippen molar-refractivity contribution in [1.82, 2.24) is 40.2 Å². The summed E-state index contributed by atoms with van der Waals surface area (Å²) in [7, 11) is 1.86. The number of benzene rings is 1. The average Bonchev–Trinajstić information content (AvgIpc) is 3.61. The van der Waals surface area contributed by atoms with Crippen LogP contribution in [0.5, 0.6) is 0 Å². The number of carbonyl (C=O) groups excluding carboxylic acids is 1. The fourth-order valence-electron chi connectivity index (χ4n) is 5.55. The van der Waals surface area contributed by atoms with E-state index in [1.54, 1.807) is 17.1 Å². The zero-order valence-corrected chi connectivity index (χ0v) is 24.5. The lowest BCUT2D eigenvalue weighted by molar-refractivity contribution is 0.0317. The van der Waals surface area contributed by atoms with Crippen LogP contribution in [0.3, 0.4) is 0 Å². The highest BCUT2D eigenvalue weighted by Crippen LogP contribution is 2.31. The summed E-state index contributed by atoms with van der Waals surface area (Å²) < 4.78 is 13.1. The number of nitrogens with one attached hydrogen (secondary N) is 2. The molecule has 2 N–H and O–H groups in total. The van der Waals surface area contributed by atoms with Gasteiger partial charge >= 0.3 is 11.8 Å². The lowest BCUT2D eigenvalue weighted by Gasteiger charge is -2.35. The fraction of sp³-hybridized carbons (Fsp3) is 0.467. The van der Waals surface area contributed by atoms with Gasteiger partial charge in [0.25, 0.3) is 0 Å². The second-order valence-electron chi connectivity index (χ2n) is 12.0. The highest BCUT2D eigenvalue weighted by atomic mass is 16.5. The van der Waals surface area contributed by atoms with Crippen LogP contribution in [-0.2, 0) is 23.6 Å². The number of amides is 1. The summed E-state index contributed by atoms with van der Waals surface area (Å²) in [4.78, 5) is 25.0. The zero-order chi connectivity index (χ0) is 29.3. The van der Waals surface area contributed by atoms with E-state index in [4.69, 9.17) is 14.1 Å². The summed E-state index contributed by atoms with van der Waals surface area (Å²) in [6, 6.07) is 8.41. The van der Waals surface area contributed by atoms with Crippen LogP contribution in [0, 0.1) is 0 Å². The van der Waals surface area contributed by atoms with Gasteiger partial charge in [-0.2, -0.15) is 5.10 Å². The minimum Gasteiger partial charge on any atom is -0.416 e. The molecule has 0 unspecified atom stereocenters. The van der Waals surface area contributed by atoms with Crippen LogP contribution in [0.25, 0.3) is 11.3 Å². The second kappa shape index (κ2) is 11.6. The monoisotopic (exact) mass is 571 g/mol. The van der Waals surface area contributed by atoms with E-state index in [-0.39, 0.29) is 23.3 Å². The number of aromatic nitrogens is 6. The van der Waals surface area contributed by atoms with Gasteiger partial charge < -0.3 is 19.8 Å². The van der Waals surface area contributed by atoms with E-state index in [1.165, 1.54) is 5.56 Å². The molecule has 3 aromatic heterocycles. The van der Waals surface area contributed by atoms with Crippen LogP contribution in [0.1, 0.15) is 67.4 Å². The molecule has 220 valence electrons. The Balaban J connectivity index is 1.28. The van der Waals surface area contributed by atoms with Crippen molar-refractivity contribution >= 4 is 17.5 Å². The molecule has 2 aliphatic heterocycles. The minimum atomic E-state index is -0.367. The van der Waals surface area contributed by atoms with Crippen molar-refractivity contribution in [2.75, 3.05) is 31.6 Å². The van der Waals surface area contributed by atoms with Crippen molar-refractivity contribution in [2.45, 2.75) is 57.5 Å². The van der Waals surface area contributed by atoms with Gasteiger partial charge in [0.15, 0.2) is 0 Å². The second-order valence-corrected chi connectivity index (χ2v) is 12.0. The summed E-state index contributed by atoms with van der Waals surface area (Å²) in [6.07, 6.45) is 8.17. The maximum absolute atomic E-state index is 13.4. The van der Waals surface area contributed by atoms with Gasteiger partial charge in [-0.25, -0.2) is 9.97 Å². The molecule has 12 heteroatoms. The van der Waals surface area contributed by atoms with Crippen molar-refractivity contribution in [2.24, 2.45) is 7.05 Å². The first-order chi connectivity index (χ1) is 20.2. The highest BCUT2D eigenvalue weighted by Gasteiger charge is 2.31. The van der Waals surface area contributed by atoms with E-state index in [1.807, 2.05) is 40.1 Å². The molecule has 1 atom stereocenters. The van der Waals surface area contributed by atoms with Gasteiger partial charge in [-0.15, -0.1) is 10.2 Å². The SMILES string of the molecule is Cn1cc(Nc2nccc(-c3ccc4c(c3)CCN(C3CCOCC3)C[C@H]4NC(=O)c3nnc(C(C)(C)C)o3)n2)cn1. The van der Waals surface area contributed by atoms with Crippen molar-refractivity contribution in [3.05, 3.63) is 65.8 Å². The van der Waals surface area contributed by atoms with Crippen LogP contribution < -0.4 is 10.6 Å². The Morgan fingerprint density at radius 3 is 2.69 bits per heavy atom. The molecule has 1 aromatic carbocycles. The van der Waals surface area contributed by atoms with E-state index in [0.29, 0.717) is 24.4 Å². The Morgan fingerprint density at radius 1 is 1.12 bits per heavy atom.